The fraction of sp³-hybridized carbons (Fsp3) is 0.571. The molecule has 1 heterocycles. The van der Waals surface area contributed by atoms with Crippen LogP contribution >= 0.6 is 0 Å². The summed E-state index contributed by atoms with van der Waals surface area (Å²) < 4.78 is 4.99. The van der Waals surface area contributed by atoms with Crippen LogP contribution in [0.3, 0.4) is 0 Å². The van der Waals surface area contributed by atoms with E-state index in [1.165, 1.54) is 12.6 Å². The SMILES string of the molecule is CCOC(=O)c1cc(N(CCO)C2CCC2)ncc1N. The molecule has 0 radical (unpaired) electrons. The van der Waals surface area contributed by atoms with E-state index in [2.05, 4.69) is 4.98 Å². The largest absolute Gasteiger partial charge is 0.462 e. The first kappa shape index (κ1) is 14.6. The molecular weight excluding hydrogens is 258 g/mol. The summed E-state index contributed by atoms with van der Waals surface area (Å²) in [5.41, 5.74) is 6.43. The molecule has 2 rings (SSSR count). The van der Waals surface area contributed by atoms with Gasteiger partial charge in [-0.15, -0.1) is 0 Å². The number of pyridine rings is 1. The summed E-state index contributed by atoms with van der Waals surface area (Å²) in [5.74, 6) is 0.229. The first-order chi connectivity index (χ1) is 9.67. The number of carbonyl (C=O) groups is 1. The summed E-state index contributed by atoms with van der Waals surface area (Å²) in [5, 5.41) is 9.20. The van der Waals surface area contributed by atoms with Crippen molar-refractivity contribution in [2.75, 3.05) is 30.4 Å². The second-order valence-corrected chi connectivity index (χ2v) is 4.85. The Bertz CT molecular complexity index is 475. The number of esters is 1. The number of anilines is 2. The molecular formula is C14H21N3O3. The Morgan fingerprint density at radius 3 is 2.90 bits per heavy atom. The highest BCUT2D eigenvalue weighted by Crippen LogP contribution is 2.29. The molecule has 1 aromatic heterocycles. The van der Waals surface area contributed by atoms with E-state index in [-0.39, 0.29) is 6.61 Å². The molecule has 0 bridgehead atoms. The second-order valence-electron chi connectivity index (χ2n) is 4.85. The lowest BCUT2D eigenvalue weighted by Gasteiger charge is -2.38. The van der Waals surface area contributed by atoms with E-state index in [0.29, 0.717) is 36.3 Å². The third-order valence-electron chi connectivity index (χ3n) is 3.57. The number of ether oxygens (including phenoxy) is 1. The van der Waals surface area contributed by atoms with Crippen molar-refractivity contribution in [1.29, 1.82) is 0 Å². The van der Waals surface area contributed by atoms with Crippen molar-refractivity contribution in [3.63, 3.8) is 0 Å². The zero-order valence-electron chi connectivity index (χ0n) is 11.7. The van der Waals surface area contributed by atoms with Gasteiger partial charge in [-0.05, 0) is 32.3 Å². The number of rotatable bonds is 6. The summed E-state index contributed by atoms with van der Waals surface area (Å²) in [6, 6.07) is 2.04. The number of aliphatic hydroxyl groups is 1. The zero-order chi connectivity index (χ0) is 14.5. The van der Waals surface area contributed by atoms with E-state index in [0.717, 1.165) is 12.8 Å². The minimum Gasteiger partial charge on any atom is -0.462 e. The molecule has 0 amide bonds. The van der Waals surface area contributed by atoms with E-state index in [4.69, 9.17) is 10.5 Å². The van der Waals surface area contributed by atoms with Gasteiger partial charge in [0.05, 0.1) is 30.7 Å². The lowest BCUT2D eigenvalue weighted by atomic mass is 9.91. The molecule has 0 aromatic carbocycles. The topological polar surface area (TPSA) is 88.7 Å². The van der Waals surface area contributed by atoms with E-state index >= 15 is 0 Å². The zero-order valence-corrected chi connectivity index (χ0v) is 11.7. The van der Waals surface area contributed by atoms with Crippen LogP contribution in [0.5, 0.6) is 0 Å². The van der Waals surface area contributed by atoms with Crippen molar-refractivity contribution in [2.24, 2.45) is 0 Å². The number of aromatic nitrogens is 1. The maximum Gasteiger partial charge on any atom is 0.340 e. The van der Waals surface area contributed by atoms with Crippen LogP contribution in [0.1, 0.15) is 36.5 Å². The summed E-state index contributed by atoms with van der Waals surface area (Å²) in [6.45, 7) is 2.61. The number of hydrogen-bond acceptors (Lipinski definition) is 6. The lowest BCUT2D eigenvalue weighted by molar-refractivity contribution is 0.0527. The van der Waals surface area contributed by atoms with Crippen molar-refractivity contribution < 1.29 is 14.6 Å². The predicted octanol–water partition coefficient (Wildman–Crippen LogP) is 1.19. The van der Waals surface area contributed by atoms with Gasteiger partial charge >= 0.3 is 5.97 Å². The van der Waals surface area contributed by atoms with E-state index in [1.54, 1.807) is 13.0 Å². The Hall–Kier alpha value is -1.82. The molecule has 6 nitrogen and oxygen atoms in total. The van der Waals surface area contributed by atoms with Crippen molar-refractivity contribution >= 4 is 17.5 Å². The van der Waals surface area contributed by atoms with Crippen molar-refractivity contribution in [2.45, 2.75) is 32.2 Å². The monoisotopic (exact) mass is 279 g/mol. The van der Waals surface area contributed by atoms with Gasteiger partial charge in [-0.3, -0.25) is 0 Å². The molecule has 3 N–H and O–H groups in total. The van der Waals surface area contributed by atoms with Gasteiger partial charge in [-0.1, -0.05) is 0 Å². The van der Waals surface area contributed by atoms with Crippen molar-refractivity contribution in [3.8, 4) is 0 Å². The van der Waals surface area contributed by atoms with Gasteiger partial charge < -0.3 is 20.5 Å². The average Bonchev–Trinajstić information content (AvgIpc) is 2.37. The van der Waals surface area contributed by atoms with Crippen LogP contribution in [0.2, 0.25) is 0 Å². The summed E-state index contributed by atoms with van der Waals surface area (Å²) in [4.78, 5) is 18.2. The predicted molar refractivity (Wildman–Crippen MR) is 76.7 cm³/mol. The number of hydrogen-bond donors (Lipinski definition) is 2. The highest BCUT2D eigenvalue weighted by Gasteiger charge is 2.26. The maximum atomic E-state index is 11.9. The molecule has 1 aromatic rings. The first-order valence-electron chi connectivity index (χ1n) is 6.97. The fourth-order valence-electron chi connectivity index (χ4n) is 2.29. The third kappa shape index (κ3) is 3.01. The van der Waals surface area contributed by atoms with Gasteiger partial charge in [0.15, 0.2) is 0 Å². The number of nitrogen functional groups attached to an aromatic ring is 1. The Labute approximate surface area is 118 Å². The fourth-order valence-corrected chi connectivity index (χ4v) is 2.29. The van der Waals surface area contributed by atoms with Gasteiger partial charge in [0, 0.05) is 12.6 Å². The molecule has 20 heavy (non-hydrogen) atoms. The smallest absolute Gasteiger partial charge is 0.340 e. The molecule has 1 saturated carbocycles. The van der Waals surface area contributed by atoms with Crippen LogP contribution in [0.25, 0.3) is 0 Å². The van der Waals surface area contributed by atoms with Crippen molar-refractivity contribution in [1.82, 2.24) is 4.98 Å². The Kier molecular flexibility index (Phi) is 4.79. The Morgan fingerprint density at radius 2 is 2.35 bits per heavy atom. The van der Waals surface area contributed by atoms with Gasteiger partial charge in [0.1, 0.15) is 5.82 Å². The Morgan fingerprint density at radius 1 is 1.60 bits per heavy atom. The molecule has 1 aliphatic rings. The quantitative estimate of drug-likeness (QED) is 0.760. The molecule has 1 aliphatic carbocycles. The Balaban J connectivity index is 2.26. The van der Waals surface area contributed by atoms with Gasteiger partial charge in [0.2, 0.25) is 0 Å². The maximum absolute atomic E-state index is 11.9. The molecule has 1 fully saturated rings. The lowest BCUT2D eigenvalue weighted by Crippen LogP contribution is -2.42. The van der Waals surface area contributed by atoms with Gasteiger partial charge in [-0.2, -0.15) is 0 Å². The third-order valence-corrected chi connectivity index (χ3v) is 3.57. The number of carbonyl (C=O) groups excluding carboxylic acids is 1. The molecule has 0 saturated heterocycles. The number of nitrogens with zero attached hydrogens (tertiary/aromatic N) is 2. The number of nitrogens with two attached hydrogens (primary N) is 1. The summed E-state index contributed by atoms with van der Waals surface area (Å²) in [6.07, 6.45) is 4.83. The molecule has 0 atom stereocenters. The van der Waals surface area contributed by atoms with E-state index in [1.807, 2.05) is 4.90 Å². The van der Waals surface area contributed by atoms with Gasteiger partial charge in [-0.25, -0.2) is 9.78 Å². The highest BCUT2D eigenvalue weighted by atomic mass is 16.5. The normalized spacial score (nSPS) is 14.7. The molecule has 0 unspecified atom stereocenters. The minimum atomic E-state index is -0.439. The second kappa shape index (κ2) is 6.56. The molecule has 0 aliphatic heterocycles. The van der Waals surface area contributed by atoms with Gasteiger partial charge in [0.25, 0.3) is 0 Å². The van der Waals surface area contributed by atoms with Crippen LogP contribution in [0.4, 0.5) is 11.5 Å². The van der Waals surface area contributed by atoms with Crippen LogP contribution in [0, 0.1) is 0 Å². The molecule has 0 spiro atoms. The van der Waals surface area contributed by atoms with E-state index in [9.17, 15) is 9.90 Å². The number of aliphatic hydroxyl groups excluding tert-OH is 1. The summed E-state index contributed by atoms with van der Waals surface area (Å²) >= 11 is 0. The van der Waals surface area contributed by atoms with Crippen LogP contribution in [-0.4, -0.2) is 41.9 Å². The molecule has 6 heteroatoms. The van der Waals surface area contributed by atoms with Crippen LogP contribution in [0.15, 0.2) is 12.3 Å². The first-order valence-corrected chi connectivity index (χ1v) is 6.97. The standard InChI is InChI=1S/C14H21N3O3/c1-2-20-14(19)11-8-13(16-9-12(11)15)17(6-7-18)10-4-3-5-10/h8-10,18H,2-7,15H2,1H3. The van der Waals surface area contributed by atoms with Crippen LogP contribution in [-0.2, 0) is 4.74 Å². The minimum absolute atomic E-state index is 0.0529. The highest BCUT2D eigenvalue weighted by molar-refractivity contribution is 5.95. The van der Waals surface area contributed by atoms with Crippen molar-refractivity contribution in [3.05, 3.63) is 17.8 Å². The molecule has 110 valence electrons. The average molecular weight is 279 g/mol. The van der Waals surface area contributed by atoms with Crippen LogP contribution < -0.4 is 10.6 Å². The summed E-state index contributed by atoms with van der Waals surface area (Å²) in [7, 11) is 0. The van der Waals surface area contributed by atoms with E-state index < -0.39 is 5.97 Å².